The lowest BCUT2D eigenvalue weighted by atomic mass is 10.2. The highest BCUT2D eigenvalue weighted by Crippen LogP contribution is 2.34. The Bertz CT molecular complexity index is 1220. The molecule has 0 spiro atoms. The van der Waals surface area contributed by atoms with Gasteiger partial charge in [-0.05, 0) is 25.3 Å². The van der Waals surface area contributed by atoms with Crippen LogP contribution in [0, 0.1) is 6.92 Å². The fraction of sp³-hybridized carbons (Fsp3) is 0.238. The Balaban J connectivity index is 1.90. The van der Waals surface area contributed by atoms with Crippen molar-refractivity contribution in [2.24, 2.45) is 0 Å². The molecule has 2 aromatic carbocycles. The Labute approximate surface area is 190 Å². The van der Waals surface area contributed by atoms with E-state index in [2.05, 4.69) is 10.4 Å². The number of amides is 1. The molecule has 0 aliphatic heterocycles. The van der Waals surface area contributed by atoms with E-state index in [4.69, 9.17) is 15.2 Å². The molecular formula is C21H24N4O5S2. The number of rotatable bonds is 8. The van der Waals surface area contributed by atoms with Gasteiger partial charge in [0.05, 0.1) is 19.1 Å². The zero-order valence-electron chi connectivity index (χ0n) is 18.1. The van der Waals surface area contributed by atoms with Crippen LogP contribution in [-0.2, 0) is 21.2 Å². The van der Waals surface area contributed by atoms with Crippen molar-refractivity contribution in [3.05, 3.63) is 48.0 Å². The minimum absolute atomic E-state index is 0.103. The van der Waals surface area contributed by atoms with E-state index in [1.54, 1.807) is 36.6 Å². The SMILES string of the molecule is COc1cc(NC(=O)Cn2nc(SC)c(S(=O)(=O)c3ccc(C)cc3)c2N)cc(OC)c1. The topological polar surface area (TPSA) is 126 Å². The molecule has 0 saturated carbocycles. The standard InChI is InChI=1S/C21H24N4O5S2/c1-13-5-7-17(8-6-13)32(27,28)19-20(22)25(24-21(19)31-4)12-18(26)23-14-9-15(29-2)11-16(10-14)30-3/h5-11H,12,22H2,1-4H3,(H,23,26). The number of hydrogen-bond acceptors (Lipinski definition) is 8. The van der Waals surface area contributed by atoms with Crippen LogP contribution in [0.2, 0.25) is 0 Å². The van der Waals surface area contributed by atoms with Gasteiger partial charge < -0.3 is 20.5 Å². The van der Waals surface area contributed by atoms with Gasteiger partial charge in [0.25, 0.3) is 0 Å². The van der Waals surface area contributed by atoms with Crippen LogP contribution in [0.15, 0.2) is 57.3 Å². The van der Waals surface area contributed by atoms with Crippen molar-refractivity contribution in [2.75, 3.05) is 31.5 Å². The van der Waals surface area contributed by atoms with Crippen LogP contribution < -0.4 is 20.5 Å². The molecule has 0 aliphatic carbocycles. The maximum absolute atomic E-state index is 13.2. The van der Waals surface area contributed by atoms with Crippen LogP contribution in [-0.4, -0.2) is 44.6 Å². The number of nitrogens with zero attached hydrogens (tertiary/aromatic N) is 2. The molecule has 170 valence electrons. The molecule has 0 radical (unpaired) electrons. The van der Waals surface area contributed by atoms with E-state index in [-0.39, 0.29) is 27.2 Å². The third-order valence-corrected chi connectivity index (χ3v) is 7.27. The first-order chi connectivity index (χ1) is 15.2. The highest BCUT2D eigenvalue weighted by Gasteiger charge is 2.29. The predicted octanol–water partition coefficient (Wildman–Crippen LogP) is 2.98. The summed E-state index contributed by atoms with van der Waals surface area (Å²) >= 11 is 1.14. The zero-order valence-corrected chi connectivity index (χ0v) is 19.7. The minimum atomic E-state index is -3.91. The molecule has 0 saturated heterocycles. The van der Waals surface area contributed by atoms with Crippen molar-refractivity contribution in [2.45, 2.75) is 28.3 Å². The number of sulfone groups is 1. The number of benzene rings is 2. The smallest absolute Gasteiger partial charge is 0.246 e. The Hall–Kier alpha value is -3.18. The minimum Gasteiger partial charge on any atom is -0.497 e. The number of ether oxygens (including phenoxy) is 2. The fourth-order valence-electron chi connectivity index (χ4n) is 2.99. The van der Waals surface area contributed by atoms with Crippen LogP contribution in [0.4, 0.5) is 11.5 Å². The number of hydrogen-bond donors (Lipinski definition) is 2. The molecule has 9 nitrogen and oxygen atoms in total. The van der Waals surface area contributed by atoms with Crippen LogP contribution >= 0.6 is 11.8 Å². The molecule has 1 amide bonds. The normalized spacial score (nSPS) is 11.2. The van der Waals surface area contributed by atoms with Gasteiger partial charge in [-0.1, -0.05) is 17.7 Å². The lowest BCUT2D eigenvalue weighted by Gasteiger charge is -2.10. The lowest BCUT2D eigenvalue weighted by Crippen LogP contribution is -2.21. The Morgan fingerprint density at radius 1 is 1.12 bits per heavy atom. The molecule has 3 aromatic rings. The maximum Gasteiger partial charge on any atom is 0.246 e. The largest absolute Gasteiger partial charge is 0.497 e. The van der Waals surface area contributed by atoms with Gasteiger partial charge in [0.1, 0.15) is 33.8 Å². The van der Waals surface area contributed by atoms with E-state index in [9.17, 15) is 13.2 Å². The Morgan fingerprint density at radius 3 is 2.25 bits per heavy atom. The van der Waals surface area contributed by atoms with Crippen LogP contribution in [0.5, 0.6) is 11.5 Å². The number of nitrogens with two attached hydrogens (primary N) is 1. The monoisotopic (exact) mass is 476 g/mol. The first kappa shape index (κ1) is 23.5. The second-order valence-corrected chi connectivity index (χ2v) is 9.53. The number of methoxy groups -OCH3 is 2. The van der Waals surface area contributed by atoms with Gasteiger partial charge in [-0.2, -0.15) is 5.10 Å². The average Bonchev–Trinajstić information content (AvgIpc) is 3.09. The van der Waals surface area contributed by atoms with Crippen molar-refractivity contribution < 1.29 is 22.7 Å². The number of nitrogens with one attached hydrogen (secondary N) is 1. The molecule has 0 aliphatic rings. The van der Waals surface area contributed by atoms with E-state index >= 15 is 0 Å². The molecule has 0 bridgehead atoms. The summed E-state index contributed by atoms with van der Waals surface area (Å²) in [6, 6.07) is 11.4. The molecule has 0 unspecified atom stereocenters. The van der Waals surface area contributed by atoms with Crippen molar-refractivity contribution in [1.82, 2.24) is 9.78 Å². The summed E-state index contributed by atoms with van der Waals surface area (Å²) in [6.07, 6.45) is 1.70. The molecule has 3 rings (SSSR count). The summed E-state index contributed by atoms with van der Waals surface area (Å²) in [5, 5.41) is 7.19. The first-order valence-electron chi connectivity index (χ1n) is 9.44. The number of carbonyl (C=O) groups is 1. The summed E-state index contributed by atoms with van der Waals surface area (Å²) in [6.45, 7) is 1.59. The maximum atomic E-state index is 13.2. The third-order valence-electron chi connectivity index (χ3n) is 4.64. The van der Waals surface area contributed by atoms with Gasteiger partial charge in [-0.15, -0.1) is 11.8 Å². The van der Waals surface area contributed by atoms with Crippen LogP contribution in [0.1, 0.15) is 5.56 Å². The quantitative estimate of drug-likeness (QED) is 0.475. The predicted molar refractivity (Wildman–Crippen MR) is 123 cm³/mol. The van der Waals surface area contributed by atoms with Gasteiger partial charge in [0, 0.05) is 23.9 Å². The van der Waals surface area contributed by atoms with E-state index in [0.717, 1.165) is 17.3 Å². The van der Waals surface area contributed by atoms with Gasteiger partial charge in [-0.25, -0.2) is 13.1 Å². The summed E-state index contributed by atoms with van der Waals surface area (Å²) in [4.78, 5) is 12.6. The average molecular weight is 477 g/mol. The van der Waals surface area contributed by atoms with E-state index in [1.807, 2.05) is 6.92 Å². The van der Waals surface area contributed by atoms with Crippen molar-refractivity contribution in [3.8, 4) is 11.5 Å². The number of anilines is 2. The number of thioether (sulfide) groups is 1. The molecule has 0 atom stereocenters. The van der Waals surface area contributed by atoms with Gasteiger partial charge in [0.2, 0.25) is 15.7 Å². The summed E-state index contributed by atoms with van der Waals surface area (Å²) in [7, 11) is -0.905. The van der Waals surface area contributed by atoms with E-state index < -0.39 is 15.7 Å². The summed E-state index contributed by atoms with van der Waals surface area (Å²) in [5.41, 5.74) is 7.54. The molecule has 3 N–H and O–H groups in total. The number of carbonyl (C=O) groups excluding carboxylic acids is 1. The van der Waals surface area contributed by atoms with Gasteiger partial charge in [-0.3, -0.25) is 4.79 Å². The molecule has 1 heterocycles. The van der Waals surface area contributed by atoms with E-state index in [1.165, 1.54) is 31.0 Å². The number of aromatic nitrogens is 2. The summed E-state index contributed by atoms with van der Waals surface area (Å²) in [5.74, 6) is 0.471. The zero-order chi connectivity index (χ0) is 23.5. The molecule has 1 aromatic heterocycles. The molecule has 11 heteroatoms. The molecule has 32 heavy (non-hydrogen) atoms. The fourth-order valence-corrected chi connectivity index (χ4v) is 5.42. The highest BCUT2D eigenvalue weighted by molar-refractivity contribution is 7.99. The van der Waals surface area contributed by atoms with Crippen molar-refractivity contribution in [1.29, 1.82) is 0 Å². The second kappa shape index (κ2) is 9.53. The summed E-state index contributed by atoms with van der Waals surface area (Å²) < 4.78 is 38.0. The van der Waals surface area contributed by atoms with Crippen LogP contribution in [0.3, 0.4) is 0 Å². The molecular weight excluding hydrogens is 452 g/mol. The number of nitrogen functional groups attached to an aromatic ring is 1. The van der Waals surface area contributed by atoms with Crippen molar-refractivity contribution in [3.63, 3.8) is 0 Å². The van der Waals surface area contributed by atoms with E-state index in [0.29, 0.717) is 17.2 Å². The lowest BCUT2D eigenvalue weighted by molar-refractivity contribution is -0.116. The molecule has 0 fully saturated rings. The highest BCUT2D eigenvalue weighted by atomic mass is 32.2. The van der Waals surface area contributed by atoms with Crippen LogP contribution in [0.25, 0.3) is 0 Å². The first-order valence-corrected chi connectivity index (χ1v) is 12.1. The van der Waals surface area contributed by atoms with Crippen molar-refractivity contribution >= 4 is 39.0 Å². The second-order valence-electron chi connectivity index (χ2n) is 6.85. The Morgan fingerprint density at radius 2 is 1.72 bits per heavy atom. The van der Waals surface area contributed by atoms with Gasteiger partial charge in [0.15, 0.2) is 0 Å². The number of aryl methyl sites for hydroxylation is 1. The Kier molecular flexibility index (Phi) is 6.99. The third kappa shape index (κ3) is 4.83. The van der Waals surface area contributed by atoms with Gasteiger partial charge >= 0.3 is 0 Å².